The van der Waals surface area contributed by atoms with Gasteiger partial charge in [-0.2, -0.15) is 8.78 Å². The van der Waals surface area contributed by atoms with Crippen molar-refractivity contribution in [2.45, 2.75) is 24.5 Å². The third kappa shape index (κ3) is 5.28. The van der Waals surface area contributed by atoms with Crippen LogP contribution in [0.5, 0.6) is 11.5 Å². The van der Waals surface area contributed by atoms with Crippen LogP contribution < -0.4 is 19.7 Å². The molecule has 2 aromatic carbocycles. The van der Waals surface area contributed by atoms with Crippen LogP contribution in [-0.4, -0.2) is 38.5 Å². The summed E-state index contributed by atoms with van der Waals surface area (Å²) in [6.07, 6.45) is 1.01. The molecular weight excluding hydrogens is 386 g/mol. The zero-order chi connectivity index (χ0) is 19.9. The van der Waals surface area contributed by atoms with E-state index in [0.717, 1.165) is 30.0 Å². The Morgan fingerprint density at radius 3 is 2.86 bits per heavy atom. The lowest BCUT2D eigenvalue weighted by atomic mass is 10.2. The van der Waals surface area contributed by atoms with Gasteiger partial charge < -0.3 is 19.7 Å². The van der Waals surface area contributed by atoms with Gasteiger partial charge in [0, 0.05) is 18.0 Å². The maximum Gasteiger partial charge on any atom is 0.387 e. The van der Waals surface area contributed by atoms with Crippen molar-refractivity contribution in [1.82, 2.24) is 5.32 Å². The molecule has 2 aromatic rings. The fourth-order valence-electron chi connectivity index (χ4n) is 3.01. The van der Waals surface area contributed by atoms with E-state index < -0.39 is 6.61 Å². The molecule has 5 nitrogen and oxygen atoms in total. The second kappa shape index (κ2) is 9.64. The Morgan fingerprint density at radius 1 is 1.25 bits per heavy atom. The molecule has 0 saturated heterocycles. The van der Waals surface area contributed by atoms with Gasteiger partial charge in [0.15, 0.2) is 11.5 Å². The molecule has 8 heteroatoms. The fourth-order valence-corrected chi connectivity index (χ4v) is 4.02. The van der Waals surface area contributed by atoms with E-state index in [4.69, 9.17) is 4.74 Å². The van der Waals surface area contributed by atoms with E-state index >= 15 is 0 Å². The van der Waals surface area contributed by atoms with E-state index in [9.17, 15) is 13.6 Å². The number of rotatable bonds is 7. The van der Waals surface area contributed by atoms with Crippen LogP contribution in [-0.2, 0) is 11.3 Å². The van der Waals surface area contributed by atoms with Crippen molar-refractivity contribution in [1.29, 1.82) is 0 Å². The van der Waals surface area contributed by atoms with Crippen molar-refractivity contribution in [3.05, 3.63) is 48.0 Å². The molecule has 0 fully saturated rings. The molecule has 0 atom stereocenters. The summed E-state index contributed by atoms with van der Waals surface area (Å²) in [5.74, 6) is 1.09. The minimum atomic E-state index is -2.92. The topological polar surface area (TPSA) is 50.8 Å². The van der Waals surface area contributed by atoms with Crippen molar-refractivity contribution in [3.63, 3.8) is 0 Å². The average molecular weight is 408 g/mol. The first-order valence-corrected chi connectivity index (χ1v) is 9.90. The van der Waals surface area contributed by atoms with Crippen molar-refractivity contribution >= 4 is 23.4 Å². The first-order chi connectivity index (χ1) is 13.6. The number of para-hydroxylation sites is 1. The number of amides is 1. The van der Waals surface area contributed by atoms with E-state index in [-0.39, 0.29) is 30.5 Å². The number of hydrogen-bond donors (Lipinski definition) is 1. The Hall–Kier alpha value is -2.48. The van der Waals surface area contributed by atoms with Gasteiger partial charge in [-0.25, -0.2) is 0 Å². The molecule has 0 bridgehead atoms. The summed E-state index contributed by atoms with van der Waals surface area (Å²) in [5.41, 5.74) is 1.81. The lowest BCUT2D eigenvalue weighted by molar-refractivity contribution is -0.119. The van der Waals surface area contributed by atoms with Gasteiger partial charge in [0.2, 0.25) is 5.91 Å². The van der Waals surface area contributed by atoms with Crippen molar-refractivity contribution in [2.75, 3.05) is 30.9 Å². The highest BCUT2D eigenvalue weighted by Crippen LogP contribution is 2.33. The third-order valence-corrected chi connectivity index (χ3v) is 5.45. The number of alkyl halides is 2. The highest BCUT2D eigenvalue weighted by atomic mass is 32.2. The van der Waals surface area contributed by atoms with Crippen LogP contribution in [0.1, 0.15) is 12.0 Å². The second-order valence-electron chi connectivity index (χ2n) is 6.23. The second-order valence-corrected chi connectivity index (χ2v) is 7.37. The molecule has 0 radical (unpaired) electrons. The van der Waals surface area contributed by atoms with E-state index in [0.29, 0.717) is 0 Å². The standard InChI is InChI=1S/C20H22F2N2O3S/c1-26-17-11-14(7-8-16(17)27-20(21)22)12-23-19(25)13-24-9-4-10-28-18-6-3-2-5-15(18)24/h2-3,5-8,11,20H,4,9-10,12-13H2,1H3,(H,23,25). The lowest BCUT2D eigenvalue weighted by Crippen LogP contribution is -2.37. The molecule has 150 valence electrons. The van der Waals surface area contributed by atoms with Gasteiger partial charge in [0.1, 0.15) is 0 Å². The molecular formula is C20H22F2N2O3S. The molecule has 0 aromatic heterocycles. The summed E-state index contributed by atoms with van der Waals surface area (Å²) in [6.45, 7) is -1.56. The monoisotopic (exact) mass is 408 g/mol. The van der Waals surface area contributed by atoms with Crippen molar-refractivity contribution < 1.29 is 23.0 Å². The summed E-state index contributed by atoms with van der Waals surface area (Å²) in [4.78, 5) is 15.7. The van der Waals surface area contributed by atoms with Crippen LogP contribution in [0.4, 0.5) is 14.5 Å². The van der Waals surface area contributed by atoms with Crippen LogP contribution in [0.25, 0.3) is 0 Å². The molecule has 3 rings (SSSR count). The number of ether oxygens (including phenoxy) is 2. The number of hydrogen-bond acceptors (Lipinski definition) is 5. The third-order valence-electron chi connectivity index (χ3n) is 4.30. The van der Waals surface area contributed by atoms with Crippen molar-refractivity contribution in [3.8, 4) is 11.5 Å². The van der Waals surface area contributed by atoms with E-state index in [1.54, 1.807) is 12.1 Å². The van der Waals surface area contributed by atoms with Gasteiger partial charge in [-0.1, -0.05) is 18.2 Å². The number of thioether (sulfide) groups is 1. The smallest absolute Gasteiger partial charge is 0.387 e. The summed E-state index contributed by atoms with van der Waals surface area (Å²) in [5, 5.41) is 2.88. The number of methoxy groups -OCH3 is 1. The maximum atomic E-state index is 12.5. The first-order valence-electron chi connectivity index (χ1n) is 8.92. The maximum absolute atomic E-state index is 12.5. The van der Waals surface area contributed by atoms with Gasteiger partial charge in [-0.05, 0) is 42.0 Å². The Labute approximate surface area is 167 Å². The number of anilines is 1. The Kier molecular flexibility index (Phi) is 6.97. The number of halogens is 2. The minimum absolute atomic E-state index is 0.0359. The predicted octanol–water partition coefficient (Wildman–Crippen LogP) is 3.92. The molecule has 0 unspecified atom stereocenters. The summed E-state index contributed by atoms with van der Waals surface area (Å²) in [7, 11) is 1.38. The SMILES string of the molecule is COc1cc(CNC(=O)CN2CCCSc3ccccc32)ccc1OC(F)F. The number of fused-ring (bicyclic) bond motifs is 1. The molecule has 1 amide bonds. The number of nitrogens with one attached hydrogen (secondary N) is 1. The van der Waals surface area contributed by atoms with E-state index in [1.165, 1.54) is 18.1 Å². The Balaban J connectivity index is 1.60. The van der Waals surface area contributed by atoms with Crippen LogP contribution in [0, 0.1) is 0 Å². The van der Waals surface area contributed by atoms with Gasteiger partial charge in [0.25, 0.3) is 0 Å². The van der Waals surface area contributed by atoms with Gasteiger partial charge in [-0.15, -0.1) is 11.8 Å². The van der Waals surface area contributed by atoms with Crippen LogP contribution in [0.15, 0.2) is 47.4 Å². The van der Waals surface area contributed by atoms with Crippen molar-refractivity contribution in [2.24, 2.45) is 0 Å². The molecule has 1 aliphatic heterocycles. The Morgan fingerprint density at radius 2 is 2.07 bits per heavy atom. The summed E-state index contributed by atoms with van der Waals surface area (Å²) < 4.78 is 34.3. The fraction of sp³-hybridized carbons (Fsp3) is 0.350. The molecule has 0 saturated carbocycles. The van der Waals surface area contributed by atoms with Gasteiger partial charge in [-0.3, -0.25) is 4.79 Å². The highest BCUT2D eigenvalue weighted by Gasteiger charge is 2.18. The van der Waals surface area contributed by atoms with Crippen LogP contribution in [0.2, 0.25) is 0 Å². The highest BCUT2D eigenvalue weighted by molar-refractivity contribution is 7.99. The lowest BCUT2D eigenvalue weighted by Gasteiger charge is -2.23. The molecule has 1 aliphatic rings. The number of nitrogens with zero attached hydrogens (tertiary/aromatic N) is 1. The number of carbonyl (C=O) groups is 1. The van der Waals surface area contributed by atoms with Crippen LogP contribution in [0.3, 0.4) is 0 Å². The van der Waals surface area contributed by atoms with E-state index in [1.807, 2.05) is 30.0 Å². The quantitative estimate of drug-likeness (QED) is 0.753. The summed E-state index contributed by atoms with van der Waals surface area (Å²) in [6, 6.07) is 12.7. The van der Waals surface area contributed by atoms with E-state index in [2.05, 4.69) is 21.0 Å². The van der Waals surface area contributed by atoms with Crippen LogP contribution >= 0.6 is 11.8 Å². The molecule has 0 aliphatic carbocycles. The number of benzene rings is 2. The minimum Gasteiger partial charge on any atom is -0.493 e. The zero-order valence-corrected chi connectivity index (χ0v) is 16.3. The first kappa shape index (κ1) is 20.3. The van der Waals surface area contributed by atoms with Gasteiger partial charge >= 0.3 is 6.61 Å². The molecule has 0 spiro atoms. The zero-order valence-electron chi connectivity index (χ0n) is 15.5. The molecule has 1 heterocycles. The largest absolute Gasteiger partial charge is 0.493 e. The normalized spacial score (nSPS) is 13.6. The number of carbonyl (C=O) groups excluding carboxylic acids is 1. The summed E-state index contributed by atoms with van der Waals surface area (Å²) >= 11 is 1.81. The average Bonchev–Trinajstić information content (AvgIpc) is 2.89. The molecule has 1 N–H and O–H groups in total. The predicted molar refractivity (Wildman–Crippen MR) is 105 cm³/mol. The van der Waals surface area contributed by atoms with Gasteiger partial charge in [0.05, 0.1) is 19.3 Å². The Bertz CT molecular complexity index is 820. The molecule has 28 heavy (non-hydrogen) atoms.